The van der Waals surface area contributed by atoms with Gasteiger partial charge in [-0.1, -0.05) is 31.0 Å². The molecule has 0 spiro atoms. The van der Waals surface area contributed by atoms with Crippen LogP contribution in [-0.4, -0.2) is 70.8 Å². The topological polar surface area (TPSA) is 43.9 Å². The van der Waals surface area contributed by atoms with Crippen molar-refractivity contribution in [3.8, 4) is 0 Å². The molecule has 146 valence electrons. The molecule has 1 aliphatic carbocycles. The van der Waals surface area contributed by atoms with Crippen LogP contribution in [0.4, 0.5) is 0 Å². The first-order chi connectivity index (χ1) is 13.0. The number of carbonyl (C=O) groups excluding carboxylic acids is 2. The molecule has 2 aliphatic heterocycles. The molecular weight excluding hydrogens is 338 g/mol. The number of hydrogen-bond donors (Lipinski definition) is 0. The Morgan fingerprint density at radius 3 is 2.33 bits per heavy atom. The van der Waals surface area contributed by atoms with Crippen LogP contribution in [0.15, 0.2) is 30.3 Å². The highest BCUT2D eigenvalue weighted by atomic mass is 16.2. The lowest BCUT2D eigenvalue weighted by atomic mass is 9.91. The standard InChI is InChI=1S/C22H31N3O2/c1-22(2)16-24(21(27)18-8-4-3-5-9-18)15-19-14-23(12-13-25(19)22)20(26)17-10-6-7-11-17/h3-5,8-9,17,19H,6-7,10-16H2,1-2H3. The van der Waals surface area contributed by atoms with Crippen LogP contribution in [0, 0.1) is 5.92 Å². The highest BCUT2D eigenvalue weighted by molar-refractivity contribution is 5.94. The van der Waals surface area contributed by atoms with Crippen molar-refractivity contribution < 1.29 is 9.59 Å². The molecular formula is C22H31N3O2. The van der Waals surface area contributed by atoms with Crippen LogP contribution in [0.5, 0.6) is 0 Å². The fraction of sp³-hybridized carbons (Fsp3) is 0.636. The van der Waals surface area contributed by atoms with E-state index in [0.717, 1.165) is 44.6 Å². The Morgan fingerprint density at radius 1 is 0.963 bits per heavy atom. The number of benzene rings is 1. The fourth-order valence-corrected chi connectivity index (χ4v) is 5.23. The lowest BCUT2D eigenvalue weighted by molar-refractivity contribution is -0.142. The Balaban J connectivity index is 1.49. The number of rotatable bonds is 2. The number of carbonyl (C=O) groups is 2. The minimum Gasteiger partial charge on any atom is -0.340 e. The first kappa shape index (κ1) is 18.5. The number of hydrogen-bond acceptors (Lipinski definition) is 3. The van der Waals surface area contributed by atoms with E-state index in [1.165, 1.54) is 12.8 Å². The van der Waals surface area contributed by atoms with E-state index in [1.54, 1.807) is 0 Å². The Kier molecular flexibility index (Phi) is 4.97. The van der Waals surface area contributed by atoms with Gasteiger partial charge in [-0.3, -0.25) is 14.5 Å². The van der Waals surface area contributed by atoms with Gasteiger partial charge in [0.2, 0.25) is 5.91 Å². The monoisotopic (exact) mass is 369 g/mol. The summed E-state index contributed by atoms with van der Waals surface area (Å²) in [5, 5.41) is 0. The normalized spacial score (nSPS) is 26.1. The van der Waals surface area contributed by atoms with Crippen LogP contribution >= 0.6 is 0 Å². The summed E-state index contributed by atoms with van der Waals surface area (Å²) in [7, 11) is 0. The molecule has 1 aromatic carbocycles. The van der Waals surface area contributed by atoms with Crippen molar-refractivity contribution >= 4 is 11.8 Å². The maximum absolute atomic E-state index is 13.0. The molecule has 2 amide bonds. The van der Waals surface area contributed by atoms with Gasteiger partial charge in [-0.05, 0) is 38.8 Å². The van der Waals surface area contributed by atoms with E-state index in [9.17, 15) is 9.59 Å². The molecule has 27 heavy (non-hydrogen) atoms. The molecule has 0 aromatic heterocycles. The molecule has 5 heteroatoms. The second kappa shape index (κ2) is 7.27. The van der Waals surface area contributed by atoms with Gasteiger partial charge in [-0.25, -0.2) is 0 Å². The van der Waals surface area contributed by atoms with Crippen molar-refractivity contribution in [2.24, 2.45) is 5.92 Å². The van der Waals surface area contributed by atoms with Crippen LogP contribution in [0.3, 0.4) is 0 Å². The van der Waals surface area contributed by atoms with Gasteiger partial charge in [-0.2, -0.15) is 0 Å². The van der Waals surface area contributed by atoms with E-state index in [4.69, 9.17) is 0 Å². The first-order valence-electron chi connectivity index (χ1n) is 10.4. The van der Waals surface area contributed by atoms with Crippen molar-refractivity contribution in [3.05, 3.63) is 35.9 Å². The zero-order valence-corrected chi connectivity index (χ0v) is 16.6. The minimum atomic E-state index is -0.0736. The molecule has 1 saturated carbocycles. The van der Waals surface area contributed by atoms with E-state index in [-0.39, 0.29) is 23.4 Å². The van der Waals surface area contributed by atoms with Gasteiger partial charge in [0.05, 0.1) is 0 Å². The summed E-state index contributed by atoms with van der Waals surface area (Å²) in [5.74, 6) is 0.675. The van der Waals surface area contributed by atoms with E-state index >= 15 is 0 Å². The second-order valence-electron chi connectivity index (χ2n) is 8.98. The zero-order chi connectivity index (χ0) is 19.0. The van der Waals surface area contributed by atoms with Crippen LogP contribution in [0.2, 0.25) is 0 Å². The molecule has 1 unspecified atom stereocenters. The van der Waals surface area contributed by atoms with E-state index in [0.29, 0.717) is 12.5 Å². The molecule has 1 atom stereocenters. The van der Waals surface area contributed by atoms with Gasteiger partial charge in [-0.15, -0.1) is 0 Å². The molecule has 1 aromatic rings. The van der Waals surface area contributed by atoms with Crippen molar-refractivity contribution in [2.75, 3.05) is 32.7 Å². The zero-order valence-electron chi connectivity index (χ0n) is 16.6. The molecule has 0 radical (unpaired) electrons. The fourth-order valence-electron chi connectivity index (χ4n) is 5.23. The predicted molar refractivity (Wildman–Crippen MR) is 105 cm³/mol. The van der Waals surface area contributed by atoms with E-state index in [1.807, 2.05) is 35.2 Å². The minimum absolute atomic E-state index is 0.0736. The summed E-state index contributed by atoms with van der Waals surface area (Å²) >= 11 is 0. The maximum atomic E-state index is 13.0. The number of piperazine rings is 2. The summed E-state index contributed by atoms with van der Waals surface area (Å²) in [5.41, 5.74) is 0.673. The highest BCUT2D eigenvalue weighted by Crippen LogP contribution is 2.31. The van der Waals surface area contributed by atoms with E-state index in [2.05, 4.69) is 23.6 Å². The summed E-state index contributed by atoms with van der Waals surface area (Å²) in [6, 6.07) is 9.76. The lowest BCUT2D eigenvalue weighted by Crippen LogP contribution is -2.70. The third-order valence-corrected chi connectivity index (χ3v) is 6.59. The molecule has 3 aliphatic rings. The number of amides is 2. The first-order valence-corrected chi connectivity index (χ1v) is 10.4. The van der Waals surface area contributed by atoms with E-state index < -0.39 is 0 Å². The molecule has 5 nitrogen and oxygen atoms in total. The molecule has 0 bridgehead atoms. The average Bonchev–Trinajstić information content (AvgIpc) is 3.21. The van der Waals surface area contributed by atoms with Gasteiger partial charge in [0, 0.05) is 55.8 Å². The quantitative estimate of drug-likeness (QED) is 0.805. The smallest absolute Gasteiger partial charge is 0.253 e. The summed E-state index contributed by atoms with van der Waals surface area (Å²) in [6.07, 6.45) is 4.47. The molecule has 2 saturated heterocycles. The van der Waals surface area contributed by atoms with Crippen molar-refractivity contribution in [1.82, 2.24) is 14.7 Å². The van der Waals surface area contributed by atoms with Crippen LogP contribution in [-0.2, 0) is 4.79 Å². The maximum Gasteiger partial charge on any atom is 0.253 e. The van der Waals surface area contributed by atoms with Crippen molar-refractivity contribution in [3.63, 3.8) is 0 Å². The Bertz CT molecular complexity index is 697. The van der Waals surface area contributed by atoms with Crippen LogP contribution < -0.4 is 0 Å². The van der Waals surface area contributed by atoms with Gasteiger partial charge in [0.15, 0.2) is 0 Å². The summed E-state index contributed by atoms with van der Waals surface area (Å²) in [6.45, 7) is 8.35. The summed E-state index contributed by atoms with van der Waals surface area (Å²) in [4.78, 5) is 32.5. The molecule has 3 fully saturated rings. The van der Waals surface area contributed by atoms with Crippen molar-refractivity contribution in [2.45, 2.75) is 51.1 Å². The largest absolute Gasteiger partial charge is 0.340 e. The number of nitrogens with zero attached hydrogens (tertiary/aromatic N) is 3. The SMILES string of the molecule is CC1(C)CN(C(=O)c2ccccc2)CC2CN(C(=O)C3CCCC3)CCN21. The average molecular weight is 370 g/mol. The third kappa shape index (κ3) is 3.62. The Morgan fingerprint density at radius 2 is 1.63 bits per heavy atom. The number of fused-ring (bicyclic) bond motifs is 1. The van der Waals surface area contributed by atoms with Gasteiger partial charge < -0.3 is 9.80 Å². The summed E-state index contributed by atoms with van der Waals surface area (Å²) < 4.78 is 0. The highest BCUT2D eigenvalue weighted by Gasteiger charge is 2.45. The van der Waals surface area contributed by atoms with Crippen LogP contribution in [0.25, 0.3) is 0 Å². The van der Waals surface area contributed by atoms with Gasteiger partial charge >= 0.3 is 0 Å². The Labute approximate surface area is 162 Å². The van der Waals surface area contributed by atoms with Gasteiger partial charge in [0.1, 0.15) is 0 Å². The third-order valence-electron chi connectivity index (χ3n) is 6.59. The predicted octanol–water partition coefficient (Wildman–Crippen LogP) is 2.62. The van der Waals surface area contributed by atoms with Crippen LogP contribution in [0.1, 0.15) is 49.9 Å². The molecule has 4 rings (SSSR count). The second-order valence-corrected chi connectivity index (χ2v) is 8.98. The Hall–Kier alpha value is -1.88. The lowest BCUT2D eigenvalue weighted by Gasteiger charge is -2.55. The molecule has 2 heterocycles. The van der Waals surface area contributed by atoms with Crippen molar-refractivity contribution in [1.29, 1.82) is 0 Å². The van der Waals surface area contributed by atoms with Gasteiger partial charge in [0.25, 0.3) is 5.91 Å². The molecule has 0 N–H and O–H groups in total.